The maximum atomic E-state index is 11.7. The van der Waals surface area contributed by atoms with Crippen molar-refractivity contribution in [2.45, 2.75) is 58.2 Å². The minimum absolute atomic E-state index is 0.266. The average molecular weight is 228 g/mol. The van der Waals surface area contributed by atoms with Gasteiger partial charge in [0, 0.05) is 5.92 Å². The van der Waals surface area contributed by atoms with E-state index in [1.807, 2.05) is 0 Å². The summed E-state index contributed by atoms with van der Waals surface area (Å²) in [5.41, 5.74) is -0.624. The van der Waals surface area contributed by atoms with Crippen LogP contribution in [0.15, 0.2) is 0 Å². The summed E-state index contributed by atoms with van der Waals surface area (Å²) in [6, 6.07) is 0. The van der Waals surface area contributed by atoms with Gasteiger partial charge in [0.15, 0.2) is 0 Å². The Morgan fingerprint density at radius 2 is 1.62 bits per heavy atom. The van der Waals surface area contributed by atoms with Gasteiger partial charge in [0.25, 0.3) is 0 Å². The number of esters is 1. The van der Waals surface area contributed by atoms with Crippen molar-refractivity contribution in [3.63, 3.8) is 0 Å². The predicted molar refractivity (Wildman–Crippen MR) is 58.8 cm³/mol. The number of aliphatic hydroxyl groups excluding tert-OH is 1. The molecule has 0 heterocycles. The van der Waals surface area contributed by atoms with Gasteiger partial charge in [-0.1, -0.05) is 0 Å². The molecule has 1 N–H and O–H groups in total. The zero-order valence-corrected chi connectivity index (χ0v) is 10.2. The molecule has 0 aromatic carbocycles. The highest BCUT2D eigenvalue weighted by Gasteiger charge is 2.32. The highest BCUT2D eigenvalue weighted by Crippen LogP contribution is 2.25. The lowest BCUT2D eigenvalue weighted by Gasteiger charge is -2.25. The van der Waals surface area contributed by atoms with E-state index in [-0.39, 0.29) is 12.0 Å². The first kappa shape index (κ1) is 13.2. The first-order valence-corrected chi connectivity index (χ1v) is 5.75. The third-order valence-electron chi connectivity index (χ3n) is 2.67. The Morgan fingerprint density at radius 3 is 2.06 bits per heavy atom. The molecule has 1 rings (SSSR count). The van der Waals surface area contributed by atoms with Gasteiger partial charge in [-0.2, -0.15) is 0 Å². The molecule has 0 atom stereocenters. The first-order chi connectivity index (χ1) is 7.29. The van der Waals surface area contributed by atoms with Crippen LogP contribution in [0.5, 0.6) is 0 Å². The number of Topliss-reactive ketones (excluding diaryl/α,β-unsaturated/α-hetero) is 1. The Bertz CT molecular complexity index is 269. The molecule has 0 bridgehead atoms. The summed E-state index contributed by atoms with van der Waals surface area (Å²) < 4.78 is 5.03. The molecular formula is C12H20O4. The topological polar surface area (TPSA) is 63.6 Å². The molecule has 0 saturated heterocycles. The number of ketones is 1. The second-order valence-electron chi connectivity index (χ2n) is 5.37. The zero-order valence-electron chi connectivity index (χ0n) is 10.2. The Labute approximate surface area is 96.0 Å². The van der Waals surface area contributed by atoms with Gasteiger partial charge < -0.3 is 9.84 Å². The van der Waals surface area contributed by atoms with E-state index in [1.165, 1.54) is 0 Å². The van der Waals surface area contributed by atoms with E-state index in [9.17, 15) is 14.7 Å². The normalized spacial score (nSPS) is 26.2. The second kappa shape index (κ2) is 4.95. The van der Waals surface area contributed by atoms with E-state index < -0.39 is 17.4 Å². The lowest BCUT2D eigenvalue weighted by Crippen LogP contribution is -2.34. The number of hydrogen-bond acceptors (Lipinski definition) is 4. The van der Waals surface area contributed by atoms with Gasteiger partial charge in [0.1, 0.15) is 5.60 Å². The van der Waals surface area contributed by atoms with E-state index in [4.69, 9.17) is 4.74 Å². The fourth-order valence-electron chi connectivity index (χ4n) is 1.83. The molecule has 0 unspecified atom stereocenters. The summed E-state index contributed by atoms with van der Waals surface area (Å²) in [5.74, 6) is -1.45. The summed E-state index contributed by atoms with van der Waals surface area (Å²) in [6.07, 6.45) is 2.04. The second-order valence-corrected chi connectivity index (χ2v) is 5.37. The highest BCUT2D eigenvalue weighted by molar-refractivity contribution is 6.34. The summed E-state index contributed by atoms with van der Waals surface area (Å²) >= 11 is 0. The molecule has 0 amide bonds. The Hall–Kier alpha value is -0.900. The standard InChI is InChI=1S/C12H20O4/c1-12(2,3)16-11(15)10(14)8-4-6-9(13)7-5-8/h8-9,13H,4-7H2,1-3H3. The zero-order chi connectivity index (χ0) is 12.3. The van der Waals surface area contributed by atoms with Crippen molar-refractivity contribution in [2.24, 2.45) is 5.92 Å². The molecule has 1 saturated carbocycles. The summed E-state index contributed by atoms with van der Waals surface area (Å²) in [7, 11) is 0. The third kappa shape index (κ3) is 3.93. The monoisotopic (exact) mass is 228 g/mol. The van der Waals surface area contributed by atoms with Crippen LogP contribution >= 0.6 is 0 Å². The van der Waals surface area contributed by atoms with Crippen LogP contribution in [0.3, 0.4) is 0 Å². The summed E-state index contributed by atoms with van der Waals surface area (Å²) in [4.78, 5) is 23.2. The molecule has 0 aliphatic heterocycles. The van der Waals surface area contributed by atoms with Crippen LogP contribution in [0.4, 0.5) is 0 Å². The fourth-order valence-corrected chi connectivity index (χ4v) is 1.83. The molecule has 0 aromatic heterocycles. The average Bonchev–Trinajstić information content (AvgIpc) is 2.15. The van der Waals surface area contributed by atoms with Crippen molar-refractivity contribution in [3.05, 3.63) is 0 Å². The van der Waals surface area contributed by atoms with Crippen molar-refractivity contribution in [1.29, 1.82) is 0 Å². The number of carbonyl (C=O) groups is 2. The molecule has 0 spiro atoms. The van der Waals surface area contributed by atoms with Crippen LogP contribution in [0.1, 0.15) is 46.5 Å². The van der Waals surface area contributed by atoms with Crippen LogP contribution in [0.2, 0.25) is 0 Å². The lowest BCUT2D eigenvalue weighted by molar-refractivity contribution is -0.164. The molecule has 4 nitrogen and oxygen atoms in total. The number of ether oxygens (including phenoxy) is 1. The van der Waals surface area contributed by atoms with Crippen LogP contribution in [-0.2, 0) is 14.3 Å². The van der Waals surface area contributed by atoms with Crippen LogP contribution in [0, 0.1) is 5.92 Å². The Kier molecular flexibility index (Phi) is 4.08. The Balaban J connectivity index is 2.48. The van der Waals surface area contributed by atoms with E-state index >= 15 is 0 Å². The van der Waals surface area contributed by atoms with Crippen molar-refractivity contribution in [2.75, 3.05) is 0 Å². The lowest BCUT2D eigenvalue weighted by atomic mass is 9.84. The van der Waals surface area contributed by atoms with Gasteiger partial charge in [0.2, 0.25) is 5.78 Å². The number of hydrogen-bond donors (Lipinski definition) is 1. The van der Waals surface area contributed by atoms with Gasteiger partial charge in [-0.15, -0.1) is 0 Å². The maximum absolute atomic E-state index is 11.7. The van der Waals surface area contributed by atoms with Crippen molar-refractivity contribution >= 4 is 11.8 Å². The minimum Gasteiger partial charge on any atom is -0.454 e. The van der Waals surface area contributed by atoms with Crippen molar-refractivity contribution in [1.82, 2.24) is 0 Å². The minimum atomic E-state index is -0.742. The fraction of sp³-hybridized carbons (Fsp3) is 0.833. The third-order valence-corrected chi connectivity index (χ3v) is 2.67. The Morgan fingerprint density at radius 1 is 1.12 bits per heavy atom. The van der Waals surface area contributed by atoms with E-state index in [0.717, 1.165) is 0 Å². The molecule has 1 aliphatic rings. The van der Waals surface area contributed by atoms with Crippen molar-refractivity contribution < 1.29 is 19.4 Å². The van der Waals surface area contributed by atoms with E-state index in [2.05, 4.69) is 0 Å². The van der Waals surface area contributed by atoms with Gasteiger partial charge in [-0.3, -0.25) is 4.79 Å². The smallest absolute Gasteiger partial charge is 0.375 e. The van der Waals surface area contributed by atoms with Crippen LogP contribution in [0.25, 0.3) is 0 Å². The highest BCUT2D eigenvalue weighted by atomic mass is 16.6. The SMILES string of the molecule is CC(C)(C)OC(=O)C(=O)C1CCC(O)CC1. The van der Waals surface area contributed by atoms with E-state index in [1.54, 1.807) is 20.8 Å². The van der Waals surface area contributed by atoms with Gasteiger partial charge >= 0.3 is 5.97 Å². The molecular weight excluding hydrogens is 208 g/mol. The first-order valence-electron chi connectivity index (χ1n) is 5.75. The van der Waals surface area contributed by atoms with Gasteiger partial charge in [0.05, 0.1) is 6.10 Å². The number of rotatable bonds is 2. The van der Waals surface area contributed by atoms with Crippen LogP contribution < -0.4 is 0 Å². The van der Waals surface area contributed by atoms with Gasteiger partial charge in [-0.25, -0.2) is 4.79 Å². The van der Waals surface area contributed by atoms with Gasteiger partial charge in [-0.05, 0) is 46.5 Å². The number of carbonyl (C=O) groups excluding carboxylic acids is 2. The van der Waals surface area contributed by atoms with Crippen molar-refractivity contribution in [3.8, 4) is 0 Å². The molecule has 0 aromatic rings. The molecule has 16 heavy (non-hydrogen) atoms. The molecule has 92 valence electrons. The molecule has 4 heteroatoms. The molecule has 0 radical (unpaired) electrons. The number of aliphatic hydroxyl groups is 1. The van der Waals surface area contributed by atoms with Crippen LogP contribution in [-0.4, -0.2) is 28.6 Å². The molecule has 1 aliphatic carbocycles. The predicted octanol–water partition coefficient (Wildman–Crippen LogP) is 1.45. The molecule has 1 fully saturated rings. The maximum Gasteiger partial charge on any atom is 0.375 e. The quantitative estimate of drug-likeness (QED) is 0.574. The largest absolute Gasteiger partial charge is 0.454 e. The summed E-state index contributed by atoms with van der Waals surface area (Å²) in [6.45, 7) is 5.22. The summed E-state index contributed by atoms with van der Waals surface area (Å²) in [5, 5.41) is 9.31. The van der Waals surface area contributed by atoms with E-state index in [0.29, 0.717) is 25.7 Å².